The Balaban J connectivity index is 2.08. The van der Waals surface area contributed by atoms with Crippen LogP contribution < -0.4 is 0 Å². The van der Waals surface area contributed by atoms with Crippen LogP contribution in [0.1, 0.15) is 37.7 Å². The summed E-state index contributed by atoms with van der Waals surface area (Å²) in [4.78, 5) is 9.38. The zero-order chi connectivity index (χ0) is 15.7. The molecule has 0 aliphatic rings. The minimum atomic E-state index is 0.186. The second-order valence-corrected chi connectivity index (χ2v) is 7.12. The van der Waals surface area contributed by atoms with Gasteiger partial charge in [-0.2, -0.15) is 0 Å². The van der Waals surface area contributed by atoms with Crippen LogP contribution in [0.15, 0.2) is 42.6 Å². The van der Waals surface area contributed by atoms with E-state index in [0.29, 0.717) is 0 Å². The lowest BCUT2D eigenvalue weighted by Gasteiger charge is -2.21. The quantitative estimate of drug-likeness (QED) is 0.717. The second kappa shape index (κ2) is 5.56. The van der Waals surface area contributed by atoms with Crippen molar-refractivity contribution < 1.29 is 0 Å². The summed E-state index contributed by atoms with van der Waals surface area (Å²) in [7, 11) is 0. The highest BCUT2D eigenvalue weighted by Crippen LogP contribution is 2.24. The molecule has 3 heteroatoms. The van der Waals surface area contributed by atoms with Crippen LogP contribution in [0, 0.1) is 12.3 Å². The van der Waals surface area contributed by atoms with E-state index in [1.54, 1.807) is 0 Å². The number of aryl methyl sites for hydroxylation is 1. The van der Waals surface area contributed by atoms with Gasteiger partial charge in [0.15, 0.2) is 5.65 Å². The molecule has 3 nitrogen and oxygen atoms in total. The summed E-state index contributed by atoms with van der Waals surface area (Å²) in [6.45, 7) is 9.82. The smallest absolute Gasteiger partial charge is 0.160 e. The molecule has 2 aromatic heterocycles. The van der Waals surface area contributed by atoms with Gasteiger partial charge in [-0.25, -0.2) is 9.97 Å². The largest absolute Gasteiger partial charge is 0.312 e. The molecule has 0 atom stereocenters. The van der Waals surface area contributed by atoms with Gasteiger partial charge in [0.05, 0.1) is 0 Å². The Morgan fingerprint density at radius 3 is 2.55 bits per heavy atom. The number of pyridine rings is 1. The molecule has 0 amide bonds. The number of hydrogen-bond donors (Lipinski definition) is 0. The fourth-order valence-corrected chi connectivity index (χ4v) is 2.76. The number of hydrogen-bond acceptors (Lipinski definition) is 2. The molecule has 2 heterocycles. The molecule has 0 radical (unpaired) electrons. The Labute approximate surface area is 132 Å². The van der Waals surface area contributed by atoms with Crippen LogP contribution in [0.25, 0.3) is 11.2 Å². The lowest BCUT2D eigenvalue weighted by molar-refractivity contribution is 0.343. The molecule has 114 valence electrons. The first-order valence-corrected chi connectivity index (χ1v) is 7.79. The Hall–Kier alpha value is -2.16. The predicted octanol–water partition coefficient (Wildman–Crippen LogP) is 4.38. The zero-order valence-corrected chi connectivity index (χ0v) is 13.8. The Bertz CT molecular complexity index is 794. The highest BCUT2D eigenvalue weighted by molar-refractivity contribution is 5.71. The minimum absolute atomic E-state index is 0.186. The fourth-order valence-electron chi connectivity index (χ4n) is 2.76. The molecule has 0 bridgehead atoms. The lowest BCUT2D eigenvalue weighted by Crippen LogP contribution is -2.18. The third-order valence-electron chi connectivity index (χ3n) is 3.83. The summed E-state index contributed by atoms with van der Waals surface area (Å²) in [5, 5.41) is 0. The molecule has 22 heavy (non-hydrogen) atoms. The van der Waals surface area contributed by atoms with Gasteiger partial charge in [-0.15, -0.1) is 0 Å². The van der Waals surface area contributed by atoms with E-state index in [2.05, 4.69) is 61.5 Å². The van der Waals surface area contributed by atoms with Crippen molar-refractivity contribution in [1.29, 1.82) is 0 Å². The van der Waals surface area contributed by atoms with E-state index >= 15 is 0 Å². The molecular formula is C19H23N3. The zero-order valence-electron chi connectivity index (χ0n) is 13.8. The molecule has 0 N–H and O–H groups in total. The fraction of sp³-hybridized carbons (Fsp3) is 0.368. The van der Waals surface area contributed by atoms with E-state index in [9.17, 15) is 0 Å². The van der Waals surface area contributed by atoms with E-state index in [0.717, 1.165) is 30.0 Å². The van der Waals surface area contributed by atoms with E-state index in [1.807, 2.05) is 18.3 Å². The molecule has 0 spiro atoms. The maximum Gasteiger partial charge on any atom is 0.160 e. The molecule has 3 rings (SSSR count). The van der Waals surface area contributed by atoms with Crippen LogP contribution in [0.3, 0.4) is 0 Å². The average Bonchev–Trinajstić information content (AvgIpc) is 2.78. The van der Waals surface area contributed by atoms with Gasteiger partial charge in [0.1, 0.15) is 11.3 Å². The first-order chi connectivity index (χ1) is 10.4. The van der Waals surface area contributed by atoms with Gasteiger partial charge in [-0.1, -0.05) is 45.0 Å². The molecule has 0 saturated heterocycles. The third-order valence-corrected chi connectivity index (χ3v) is 3.83. The first kappa shape index (κ1) is 14.8. The van der Waals surface area contributed by atoms with Crippen molar-refractivity contribution in [2.45, 2.75) is 40.7 Å². The van der Waals surface area contributed by atoms with Crippen molar-refractivity contribution in [3.05, 3.63) is 59.5 Å². The molecular weight excluding hydrogens is 270 g/mol. The normalized spacial score (nSPS) is 12.0. The SMILES string of the molecule is Cc1ccccc1Cc1nc2cccnc2n1CC(C)(C)C. The topological polar surface area (TPSA) is 30.7 Å². The van der Waals surface area contributed by atoms with Crippen molar-refractivity contribution in [3.8, 4) is 0 Å². The molecule has 0 aliphatic heterocycles. The van der Waals surface area contributed by atoms with Crippen molar-refractivity contribution in [2.24, 2.45) is 5.41 Å². The standard InChI is InChI=1S/C19H23N3/c1-14-8-5-6-9-15(14)12-17-21-16-10-7-11-20-18(16)22(17)13-19(2,3)4/h5-11H,12-13H2,1-4H3. The van der Waals surface area contributed by atoms with Gasteiger partial charge in [-0.3, -0.25) is 0 Å². The van der Waals surface area contributed by atoms with Crippen LogP contribution in [-0.2, 0) is 13.0 Å². The third kappa shape index (κ3) is 3.03. The van der Waals surface area contributed by atoms with Crippen molar-refractivity contribution in [2.75, 3.05) is 0 Å². The summed E-state index contributed by atoms with van der Waals surface area (Å²) in [5.41, 5.74) is 4.79. The number of aromatic nitrogens is 3. The van der Waals surface area contributed by atoms with Gasteiger partial charge in [0.25, 0.3) is 0 Å². The number of nitrogens with zero attached hydrogens (tertiary/aromatic N) is 3. The molecule has 0 fully saturated rings. The van der Waals surface area contributed by atoms with Crippen molar-refractivity contribution in [1.82, 2.24) is 14.5 Å². The number of rotatable bonds is 3. The van der Waals surface area contributed by atoms with E-state index in [1.165, 1.54) is 11.1 Å². The van der Waals surface area contributed by atoms with Crippen molar-refractivity contribution in [3.63, 3.8) is 0 Å². The van der Waals surface area contributed by atoms with Gasteiger partial charge >= 0.3 is 0 Å². The van der Waals surface area contributed by atoms with Crippen LogP contribution >= 0.6 is 0 Å². The summed E-state index contributed by atoms with van der Waals surface area (Å²) in [6.07, 6.45) is 2.69. The van der Waals surface area contributed by atoms with Crippen LogP contribution in [0.4, 0.5) is 0 Å². The van der Waals surface area contributed by atoms with Crippen LogP contribution in [0.5, 0.6) is 0 Å². The number of benzene rings is 1. The highest BCUT2D eigenvalue weighted by Gasteiger charge is 2.18. The maximum absolute atomic E-state index is 4.83. The number of imidazole rings is 1. The Morgan fingerprint density at radius 1 is 1.05 bits per heavy atom. The van der Waals surface area contributed by atoms with Gasteiger partial charge in [0, 0.05) is 19.2 Å². The van der Waals surface area contributed by atoms with E-state index in [4.69, 9.17) is 4.98 Å². The van der Waals surface area contributed by atoms with Crippen LogP contribution in [0.2, 0.25) is 0 Å². The summed E-state index contributed by atoms with van der Waals surface area (Å²) in [5.74, 6) is 1.10. The summed E-state index contributed by atoms with van der Waals surface area (Å²) < 4.78 is 2.28. The molecule has 1 aromatic carbocycles. The van der Waals surface area contributed by atoms with Gasteiger partial charge in [0.2, 0.25) is 0 Å². The van der Waals surface area contributed by atoms with Crippen molar-refractivity contribution >= 4 is 11.2 Å². The highest BCUT2D eigenvalue weighted by atomic mass is 15.1. The summed E-state index contributed by atoms with van der Waals surface area (Å²) in [6, 6.07) is 12.5. The number of fused-ring (bicyclic) bond motifs is 1. The molecule has 0 aliphatic carbocycles. The summed E-state index contributed by atoms with van der Waals surface area (Å²) >= 11 is 0. The molecule has 0 unspecified atom stereocenters. The average molecular weight is 293 g/mol. The molecule has 3 aromatic rings. The Kier molecular flexibility index (Phi) is 3.73. The monoisotopic (exact) mass is 293 g/mol. The van der Waals surface area contributed by atoms with Gasteiger partial charge in [-0.05, 0) is 35.6 Å². The molecule has 0 saturated carbocycles. The van der Waals surface area contributed by atoms with E-state index < -0.39 is 0 Å². The van der Waals surface area contributed by atoms with Crippen LogP contribution in [-0.4, -0.2) is 14.5 Å². The Morgan fingerprint density at radius 2 is 1.82 bits per heavy atom. The predicted molar refractivity (Wildman–Crippen MR) is 91.0 cm³/mol. The second-order valence-electron chi connectivity index (χ2n) is 7.12. The van der Waals surface area contributed by atoms with E-state index in [-0.39, 0.29) is 5.41 Å². The maximum atomic E-state index is 4.83. The van der Waals surface area contributed by atoms with Gasteiger partial charge < -0.3 is 4.57 Å². The lowest BCUT2D eigenvalue weighted by atomic mass is 9.96. The first-order valence-electron chi connectivity index (χ1n) is 7.79. The minimum Gasteiger partial charge on any atom is -0.312 e.